The van der Waals surface area contributed by atoms with Crippen molar-refractivity contribution in [2.45, 2.75) is 38.2 Å². The first-order valence-electron chi connectivity index (χ1n) is 5.03. The van der Waals surface area contributed by atoms with Crippen LogP contribution in [0.5, 0.6) is 0 Å². The highest BCUT2D eigenvalue weighted by molar-refractivity contribution is 7.86. The molecule has 0 bridgehead atoms. The molecule has 5 heteroatoms. The Kier molecular flexibility index (Phi) is 2.55. The van der Waals surface area contributed by atoms with Crippen LogP contribution in [0.15, 0.2) is 0 Å². The summed E-state index contributed by atoms with van der Waals surface area (Å²) in [4.78, 5) is 0. The van der Waals surface area contributed by atoms with Crippen LogP contribution < -0.4 is 0 Å². The van der Waals surface area contributed by atoms with Crippen LogP contribution in [0.2, 0.25) is 0 Å². The summed E-state index contributed by atoms with van der Waals surface area (Å²) in [5, 5.41) is 0. The van der Waals surface area contributed by atoms with Crippen molar-refractivity contribution in [3.05, 3.63) is 0 Å². The van der Waals surface area contributed by atoms with Crippen LogP contribution in [-0.2, 0) is 15.0 Å². The van der Waals surface area contributed by atoms with Gasteiger partial charge in [-0.1, -0.05) is 12.8 Å². The molecule has 1 aliphatic heterocycles. The minimum atomic E-state index is -4.38. The fourth-order valence-electron chi connectivity index (χ4n) is 2.70. The Hall–Kier alpha value is -0.160. The van der Waals surface area contributed by atoms with Crippen molar-refractivity contribution >= 4 is 10.2 Å². The Labute approximate surface area is 83.8 Å². The van der Waals surface area contributed by atoms with E-state index in [1.165, 1.54) is 12.8 Å². The summed E-state index contributed by atoms with van der Waals surface area (Å²) >= 11 is 0. The molecular weight excluding hydrogens is 207 g/mol. The first kappa shape index (κ1) is 10.4. The molecule has 14 heavy (non-hydrogen) atoms. The molecule has 0 radical (unpaired) electrons. The Morgan fingerprint density at radius 2 is 2.00 bits per heavy atom. The molecule has 2 fully saturated rings. The highest BCUT2D eigenvalue weighted by Gasteiger charge is 2.43. The molecule has 0 aromatic rings. The normalized spacial score (nSPS) is 31.4. The van der Waals surface area contributed by atoms with Crippen molar-refractivity contribution in [3.8, 4) is 0 Å². The summed E-state index contributed by atoms with van der Waals surface area (Å²) in [5.74, 6) is -0.464. The van der Waals surface area contributed by atoms with Gasteiger partial charge in [0.05, 0.1) is 12.7 Å². The van der Waals surface area contributed by atoms with Gasteiger partial charge in [0.15, 0.2) is 0 Å². The highest BCUT2D eigenvalue weighted by atomic mass is 32.3. The molecule has 3 nitrogen and oxygen atoms in total. The van der Waals surface area contributed by atoms with E-state index in [4.69, 9.17) is 4.74 Å². The maximum Gasteiger partial charge on any atom is 0.304 e. The number of ether oxygens (including phenoxy) is 1. The number of halogens is 1. The Bertz CT molecular complexity index is 306. The standard InChI is InChI=1S/C9H15FO3S/c10-14(11,12)6-8-5-9(7-13-8)3-1-2-4-9/h8H,1-7H2. The SMILES string of the molecule is O=S(=O)(F)CC1CC2(CCCC2)CO1. The van der Waals surface area contributed by atoms with Gasteiger partial charge in [-0.3, -0.25) is 0 Å². The van der Waals surface area contributed by atoms with E-state index in [2.05, 4.69) is 0 Å². The van der Waals surface area contributed by atoms with Crippen LogP contribution in [0.1, 0.15) is 32.1 Å². The van der Waals surface area contributed by atoms with Gasteiger partial charge in [0, 0.05) is 0 Å². The van der Waals surface area contributed by atoms with Crippen molar-refractivity contribution in [1.82, 2.24) is 0 Å². The molecule has 1 aliphatic carbocycles. The van der Waals surface area contributed by atoms with Gasteiger partial charge in [-0.2, -0.15) is 8.42 Å². The first-order valence-corrected chi connectivity index (χ1v) is 6.58. The summed E-state index contributed by atoms with van der Waals surface area (Å²) in [6.07, 6.45) is 4.90. The van der Waals surface area contributed by atoms with Gasteiger partial charge in [0.25, 0.3) is 0 Å². The van der Waals surface area contributed by atoms with Gasteiger partial charge >= 0.3 is 10.2 Å². The number of rotatable bonds is 2. The predicted molar refractivity (Wildman–Crippen MR) is 50.2 cm³/mol. The Balaban J connectivity index is 1.94. The lowest BCUT2D eigenvalue weighted by atomic mass is 9.84. The van der Waals surface area contributed by atoms with E-state index in [9.17, 15) is 12.3 Å². The third-order valence-electron chi connectivity index (χ3n) is 3.34. The molecule has 0 amide bonds. The minimum absolute atomic E-state index is 0.176. The van der Waals surface area contributed by atoms with Crippen molar-refractivity contribution in [1.29, 1.82) is 0 Å². The zero-order valence-corrected chi connectivity index (χ0v) is 8.85. The van der Waals surface area contributed by atoms with Crippen LogP contribution in [-0.4, -0.2) is 26.9 Å². The molecule has 0 aromatic heterocycles. The molecule has 0 N–H and O–H groups in total. The molecule has 82 valence electrons. The summed E-state index contributed by atoms with van der Waals surface area (Å²) in [6, 6.07) is 0. The van der Waals surface area contributed by atoms with E-state index >= 15 is 0 Å². The van der Waals surface area contributed by atoms with Gasteiger partial charge in [-0.05, 0) is 24.7 Å². The van der Waals surface area contributed by atoms with Crippen molar-refractivity contribution in [3.63, 3.8) is 0 Å². The van der Waals surface area contributed by atoms with Crippen LogP contribution in [0, 0.1) is 5.41 Å². The average molecular weight is 222 g/mol. The van der Waals surface area contributed by atoms with Crippen LogP contribution >= 0.6 is 0 Å². The smallest absolute Gasteiger partial charge is 0.304 e. The second kappa shape index (κ2) is 3.45. The predicted octanol–water partition coefficient (Wildman–Crippen LogP) is 1.64. The third kappa shape index (κ3) is 2.25. The second-order valence-corrected chi connectivity index (χ2v) is 5.96. The first-order chi connectivity index (χ1) is 6.49. The van der Waals surface area contributed by atoms with E-state index in [0.29, 0.717) is 6.61 Å². The fraction of sp³-hybridized carbons (Fsp3) is 1.00. The molecule has 2 aliphatic rings. The topological polar surface area (TPSA) is 43.4 Å². The lowest BCUT2D eigenvalue weighted by Crippen LogP contribution is -2.19. The zero-order valence-electron chi connectivity index (χ0n) is 8.04. The molecule has 0 aromatic carbocycles. The summed E-state index contributed by atoms with van der Waals surface area (Å²) in [6.45, 7) is 0.618. The lowest BCUT2D eigenvalue weighted by molar-refractivity contribution is 0.107. The summed E-state index contributed by atoms with van der Waals surface area (Å²) < 4.78 is 38.6. The van der Waals surface area contributed by atoms with Crippen LogP contribution in [0.4, 0.5) is 3.89 Å². The van der Waals surface area contributed by atoms with Crippen molar-refractivity contribution in [2.75, 3.05) is 12.4 Å². The molecular formula is C9H15FO3S. The third-order valence-corrected chi connectivity index (χ3v) is 4.11. The molecule has 1 atom stereocenters. The number of hydrogen-bond donors (Lipinski definition) is 0. The quantitative estimate of drug-likeness (QED) is 0.667. The maximum absolute atomic E-state index is 12.4. The summed E-state index contributed by atoms with van der Waals surface area (Å²) in [7, 11) is -4.38. The highest BCUT2D eigenvalue weighted by Crippen LogP contribution is 2.46. The minimum Gasteiger partial charge on any atom is -0.376 e. The Morgan fingerprint density at radius 1 is 1.36 bits per heavy atom. The van der Waals surface area contributed by atoms with Gasteiger partial charge < -0.3 is 4.74 Å². The van der Waals surface area contributed by atoms with Crippen molar-refractivity contribution in [2.24, 2.45) is 5.41 Å². The average Bonchev–Trinajstić information content (AvgIpc) is 2.60. The van der Waals surface area contributed by atoms with Crippen LogP contribution in [0.25, 0.3) is 0 Å². The van der Waals surface area contributed by atoms with Gasteiger partial charge in [0.1, 0.15) is 5.75 Å². The largest absolute Gasteiger partial charge is 0.376 e. The van der Waals surface area contributed by atoms with E-state index in [0.717, 1.165) is 19.3 Å². The van der Waals surface area contributed by atoms with E-state index in [1.807, 2.05) is 0 Å². The molecule has 2 rings (SSSR count). The molecule has 1 spiro atoms. The Morgan fingerprint density at radius 3 is 2.57 bits per heavy atom. The second-order valence-electron chi connectivity index (χ2n) is 4.55. The van der Waals surface area contributed by atoms with E-state index < -0.39 is 22.1 Å². The van der Waals surface area contributed by atoms with Crippen molar-refractivity contribution < 1.29 is 17.0 Å². The fourth-order valence-corrected chi connectivity index (χ4v) is 3.36. The lowest BCUT2D eigenvalue weighted by Gasteiger charge is -2.19. The van der Waals surface area contributed by atoms with Gasteiger partial charge in [-0.15, -0.1) is 3.89 Å². The molecule has 1 heterocycles. The number of hydrogen-bond acceptors (Lipinski definition) is 3. The van der Waals surface area contributed by atoms with E-state index in [-0.39, 0.29) is 5.41 Å². The molecule has 1 saturated carbocycles. The monoisotopic (exact) mass is 222 g/mol. The summed E-state index contributed by atoms with van der Waals surface area (Å²) in [5.41, 5.74) is 0.176. The molecule has 1 unspecified atom stereocenters. The van der Waals surface area contributed by atoms with E-state index in [1.54, 1.807) is 0 Å². The zero-order chi connectivity index (χ0) is 10.2. The maximum atomic E-state index is 12.4. The van der Waals surface area contributed by atoms with Crippen LogP contribution in [0.3, 0.4) is 0 Å². The molecule has 1 saturated heterocycles. The van der Waals surface area contributed by atoms with Gasteiger partial charge in [-0.25, -0.2) is 0 Å². The van der Waals surface area contributed by atoms with Gasteiger partial charge in [0.2, 0.25) is 0 Å².